The maximum atomic E-state index is 4.69. The molecule has 1 saturated carbocycles. The van der Waals surface area contributed by atoms with E-state index in [0.717, 1.165) is 48.5 Å². The van der Waals surface area contributed by atoms with Crippen LogP contribution in [0.2, 0.25) is 0 Å². The van der Waals surface area contributed by atoms with E-state index in [1.165, 1.54) is 12.8 Å². The highest BCUT2D eigenvalue weighted by Gasteiger charge is 2.24. The highest BCUT2D eigenvalue weighted by molar-refractivity contribution is 5.58. The zero-order chi connectivity index (χ0) is 13.1. The molecule has 1 fully saturated rings. The summed E-state index contributed by atoms with van der Waals surface area (Å²) in [5.74, 6) is 3.87. The molecule has 4 nitrogen and oxygen atoms in total. The Balaban J connectivity index is 2.27. The number of rotatable bonds is 6. The third-order valence-electron chi connectivity index (χ3n) is 3.42. The first-order valence-electron chi connectivity index (χ1n) is 6.98. The van der Waals surface area contributed by atoms with E-state index in [0.29, 0.717) is 0 Å². The number of hydrogen-bond donors (Lipinski definition) is 1. The Morgan fingerprint density at radius 3 is 2.56 bits per heavy atom. The van der Waals surface area contributed by atoms with E-state index in [-0.39, 0.29) is 0 Å². The summed E-state index contributed by atoms with van der Waals surface area (Å²) in [5, 5.41) is 3.34. The minimum absolute atomic E-state index is 0.872. The van der Waals surface area contributed by atoms with Crippen molar-refractivity contribution in [3.63, 3.8) is 0 Å². The fourth-order valence-corrected chi connectivity index (χ4v) is 2.19. The van der Waals surface area contributed by atoms with Gasteiger partial charge in [-0.15, -0.1) is 0 Å². The Kier molecular flexibility index (Phi) is 4.04. The van der Waals surface area contributed by atoms with Crippen LogP contribution in [-0.4, -0.2) is 30.1 Å². The number of hydrogen-bond acceptors (Lipinski definition) is 4. The first-order chi connectivity index (χ1) is 8.65. The van der Waals surface area contributed by atoms with E-state index in [9.17, 15) is 0 Å². The Morgan fingerprint density at radius 2 is 2.00 bits per heavy atom. The lowest BCUT2D eigenvalue weighted by atomic mass is 10.2. The van der Waals surface area contributed by atoms with Crippen molar-refractivity contribution in [2.75, 3.05) is 30.4 Å². The van der Waals surface area contributed by atoms with Crippen molar-refractivity contribution in [2.45, 2.75) is 40.0 Å². The van der Waals surface area contributed by atoms with Crippen molar-refractivity contribution in [2.24, 2.45) is 5.92 Å². The van der Waals surface area contributed by atoms with Gasteiger partial charge in [0.25, 0.3) is 0 Å². The van der Waals surface area contributed by atoms with Gasteiger partial charge in [-0.05, 0) is 32.6 Å². The van der Waals surface area contributed by atoms with Gasteiger partial charge in [-0.3, -0.25) is 0 Å². The van der Waals surface area contributed by atoms with Gasteiger partial charge in [0.2, 0.25) is 0 Å². The summed E-state index contributed by atoms with van der Waals surface area (Å²) in [7, 11) is 2.14. The maximum Gasteiger partial charge on any atom is 0.137 e. The van der Waals surface area contributed by atoms with Crippen molar-refractivity contribution in [3.05, 3.63) is 11.4 Å². The Morgan fingerprint density at radius 1 is 1.28 bits per heavy atom. The number of aryl methyl sites for hydroxylation is 1. The van der Waals surface area contributed by atoms with Gasteiger partial charge in [0.15, 0.2) is 0 Å². The summed E-state index contributed by atoms with van der Waals surface area (Å²) in [6.45, 7) is 8.32. The average Bonchev–Trinajstić information content (AvgIpc) is 3.15. The predicted octanol–water partition coefficient (Wildman–Crippen LogP) is 2.63. The topological polar surface area (TPSA) is 41.1 Å². The van der Waals surface area contributed by atoms with Crippen LogP contribution in [0.5, 0.6) is 0 Å². The molecule has 18 heavy (non-hydrogen) atoms. The van der Waals surface area contributed by atoms with Gasteiger partial charge in [0, 0.05) is 32.1 Å². The summed E-state index contributed by atoms with van der Waals surface area (Å²) >= 11 is 0. The molecule has 0 aromatic carbocycles. The minimum atomic E-state index is 0.872. The van der Waals surface area contributed by atoms with Gasteiger partial charge in [-0.2, -0.15) is 0 Å². The van der Waals surface area contributed by atoms with Crippen LogP contribution in [0.1, 0.15) is 38.1 Å². The van der Waals surface area contributed by atoms with Crippen LogP contribution < -0.4 is 10.2 Å². The van der Waals surface area contributed by atoms with E-state index >= 15 is 0 Å². The zero-order valence-electron chi connectivity index (χ0n) is 12.0. The number of aromatic nitrogens is 2. The highest BCUT2D eigenvalue weighted by Crippen LogP contribution is 2.32. The molecule has 2 rings (SSSR count). The number of nitrogens with one attached hydrogen (secondary N) is 1. The lowest BCUT2D eigenvalue weighted by Gasteiger charge is -2.22. The molecule has 1 heterocycles. The molecule has 0 saturated heterocycles. The summed E-state index contributed by atoms with van der Waals surface area (Å²) in [6.07, 6.45) is 3.62. The summed E-state index contributed by atoms with van der Waals surface area (Å²) in [6, 6.07) is 0. The molecule has 100 valence electrons. The van der Waals surface area contributed by atoms with Crippen molar-refractivity contribution < 1.29 is 0 Å². The number of nitrogens with zero attached hydrogens (tertiary/aromatic N) is 3. The highest BCUT2D eigenvalue weighted by atomic mass is 15.2. The van der Waals surface area contributed by atoms with Crippen LogP contribution in [0.4, 0.5) is 11.6 Å². The van der Waals surface area contributed by atoms with Crippen molar-refractivity contribution in [1.29, 1.82) is 0 Å². The molecule has 1 aliphatic rings. The van der Waals surface area contributed by atoms with Crippen molar-refractivity contribution >= 4 is 11.6 Å². The SMILES string of the molecule is CCNc1nc(CC)nc(N(C)CC2CC2)c1C. The van der Waals surface area contributed by atoms with Crippen LogP contribution in [0.25, 0.3) is 0 Å². The third-order valence-corrected chi connectivity index (χ3v) is 3.42. The molecule has 1 N–H and O–H groups in total. The monoisotopic (exact) mass is 248 g/mol. The summed E-state index contributed by atoms with van der Waals surface area (Å²) < 4.78 is 0. The Bertz CT molecular complexity index is 413. The van der Waals surface area contributed by atoms with Crippen LogP contribution in [0.15, 0.2) is 0 Å². The maximum absolute atomic E-state index is 4.69. The molecule has 1 aromatic heterocycles. The fraction of sp³-hybridized carbons (Fsp3) is 0.714. The van der Waals surface area contributed by atoms with Gasteiger partial charge in [0.1, 0.15) is 17.5 Å². The minimum Gasteiger partial charge on any atom is -0.370 e. The molecule has 0 unspecified atom stereocenters. The van der Waals surface area contributed by atoms with Gasteiger partial charge in [0.05, 0.1) is 0 Å². The zero-order valence-corrected chi connectivity index (χ0v) is 12.0. The van der Waals surface area contributed by atoms with E-state index in [4.69, 9.17) is 0 Å². The lowest BCUT2D eigenvalue weighted by Crippen LogP contribution is -2.23. The van der Waals surface area contributed by atoms with Crippen LogP contribution in [0, 0.1) is 12.8 Å². The second-order valence-electron chi connectivity index (χ2n) is 5.14. The van der Waals surface area contributed by atoms with Gasteiger partial charge in [-0.1, -0.05) is 6.92 Å². The molecule has 1 aliphatic carbocycles. The molecule has 0 aliphatic heterocycles. The lowest BCUT2D eigenvalue weighted by molar-refractivity contribution is 0.765. The Hall–Kier alpha value is -1.32. The Labute approximate surface area is 110 Å². The molecule has 0 amide bonds. The standard InChI is InChI=1S/C14H24N4/c1-5-12-16-13(15-6-2)10(3)14(17-12)18(4)9-11-7-8-11/h11H,5-9H2,1-4H3,(H,15,16,17). The second-order valence-corrected chi connectivity index (χ2v) is 5.14. The molecule has 0 radical (unpaired) electrons. The van der Waals surface area contributed by atoms with Crippen LogP contribution >= 0.6 is 0 Å². The molecular formula is C14H24N4. The smallest absolute Gasteiger partial charge is 0.137 e. The second kappa shape index (κ2) is 5.55. The van der Waals surface area contributed by atoms with Crippen molar-refractivity contribution in [1.82, 2.24) is 9.97 Å². The van der Waals surface area contributed by atoms with Gasteiger partial charge in [-0.25, -0.2) is 9.97 Å². The molecule has 0 atom stereocenters. The summed E-state index contributed by atoms with van der Waals surface area (Å²) in [4.78, 5) is 11.5. The molecule has 4 heteroatoms. The summed E-state index contributed by atoms with van der Waals surface area (Å²) in [5.41, 5.74) is 1.16. The van der Waals surface area contributed by atoms with E-state index in [1.54, 1.807) is 0 Å². The molecule has 0 spiro atoms. The van der Waals surface area contributed by atoms with Crippen molar-refractivity contribution in [3.8, 4) is 0 Å². The average molecular weight is 248 g/mol. The first-order valence-corrected chi connectivity index (χ1v) is 6.98. The van der Waals surface area contributed by atoms with E-state index in [1.807, 2.05) is 0 Å². The predicted molar refractivity (Wildman–Crippen MR) is 76.3 cm³/mol. The normalized spacial score (nSPS) is 14.7. The van der Waals surface area contributed by atoms with E-state index in [2.05, 4.69) is 48.0 Å². The van der Waals surface area contributed by atoms with E-state index < -0.39 is 0 Å². The molecular weight excluding hydrogens is 224 g/mol. The number of anilines is 2. The van der Waals surface area contributed by atoms with Crippen LogP contribution in [-0.2, 0) is 6.42 Å². The molecule has 0 bridgehead atoms. The largest absolute Gasteiger partial charge is 0.370 e. The van der Waals surface area contributed by atoms with Crippen LogP contribution in [0.3, 0.4) is 0 Å². The fourth-order valence-electron chi connectivity index (χ4n) is 2.19. The quantitative estimate of drug-likeness (QED) is 0.840. The van der Waals surface area contributed by atoms with Gasteiger partial charge < -0.3 is 10.2 Å². The third kappa shape index (κ3) is 2.92. The molecule has 1 aromatic rings. The first kappa shape index (κ1) is 13.1. The van der Waals surface area contributed by atoms with Gasteiger partial charge >= 0.3 is 0 Å².